The van der Waals surface area contributed by atoms with E-state index in [1.807, 2.05) is 17.5 Å². The van der Waals surface area contributed by atoms with Gasteiger partial charge >= 0.3 is 0 Å². The summed E-state index contributed by atoms with van der Waals surface area (Å²) in [4.78, 5) is 29.8. The number of amides is 2. The number of aromatic nitrogens is 3. The summed E-state index contributed by atoms with van der Waals surface area (Å²) in [6.45, 7) is 0.627. The van der Waals surface area contributed by atoms with Crippen molar-refractivity contribution in [2.45, 2.75) is 6.42 Å². The summed E-state index contributed by atoms with van der Waals surface area (Å²) < 4.78 is 15.2. The van der Waals surface area contributed by atoms with Crippen LogP contribution < -0.4 is 10.6 Å². The first-order valence-corrected chi connectivity index (χ1v) is 11.0. The minimum atomic E-state index is -0.470. The second kappa shape index (κ2) is 10.0. The summed E-state index contributed by atoms with van der Waals surface area (Å²) in [5.74, 6) is -0.776. The van der Waals surface area contributed by atoms with Gasteiger partial charge < -0.3 is 15.7 Å². The molecule has 2 heterocycles. The van der Waals surface area contributed by atoms with Crippen LogP contribution in [0.15, 0.2) is 66.0 Å². The van der Waals surface area contributed by atoms with Crippen LogP contribution in [0.1, 0.15) is 27.4 Å². The van der Waals surface area contributed by atoms with Crippen LogP contribution in [0.3, 0.4) is 0 Å². The van der Waals surface area contributed by atoms with Gasteiger partial charge in [0.15, 0.2) is 5.82 Å². The van der Waals surface area contributed by atoms with Crippen LogP contribution in [-0.4, -0.2) is 44.8 Å². The van der Waals surface area contributed by atoms with Crippen LogP contribution in [0.2, 0.25) is 0 Å². The molecule has 2 aromatic carbocycles. The number of benzene rings is 2. The SMILES string of the molecule is O=C(NCCCNC(=O)c1nc(-c2cccs2)n(-c2cccc(F)c2)n1)c1cccc(O)c1. The van der Waals surface area contributed by atoms with Crippen LogP contribution in [0.5, 0.6) is 5.75 Å². The fourth-order valence-electron chi connectivity index (χ4n) is 3.08. The molecule has 0 aliphatic rings. The van der Waals surface area contributed by atoms with E-state index in [-0.39, 0.29) is 17.5 Å². The molecule has 0 fully saturated rings. The van der Waals surface area contributed by atoms with Crippen molar-refractivity contribution in [2.24, 2.45) is 0 Å². The number of nitrogens with one attached hydrogen (secondary N) is 2. The standard InChI is InChI=1S/C23H20FN5O3S/c24-16-6-2-7-17(14-16)29-21(19-9-3-12-33-19)27-20(28-29)23(32)26-11-4-10-25-22(31)15-5-1-8-18(30)13-15/h1-3,5-9,12-14,30H,4,10-11H2,(H,25,31)(H,26,32). The van der Waals surface area contributed by atoms with Gasteiger partial charge in [-0.3, -0.25) is 9.59 Å². The van der Waals surface area contributed by atoms with Gasteiger partial charge in [-0.1, -0.05) is 18.2 Å². The molecule has 0 saturated heterocycles. The van der Waals surface area contributed by atoms with Crippen LogP contribution in [0, 0.1) is 5.82 Å². The summed E-state index contributed by atoms with van der Waals surface area (Å²) in [6, 6.07) is 15.7. The predicted octanol–water partition coefficient (Wildman–Crippen LogP) is 3.39. The van der Waals surface area contributed by atoms with Gasteiger partial charge in [0.1, 0.15) is 11.6 Å². The third-order valence-electron chi connectivity index (χ3n) is 4.64. The Morgan fingerprint density at radius 3 is 2.52 bits per heavy atom. The van der Waals surface area contributed by atoms with Crippen molar-refractivity contribution in [3.05, 3.63) is 83.2 Å². The Hall–Kier alpha value is -4.05. The van der Waals surface area contributed by atoms with Gasteiger partial charge in [0.05, 0.1) is 10.6 Å². The predicted molar refractivity (Wildman–Crippen MR) is 122 cm³/mol. The highest BCUT2D eigenvalue weighted by Crippen LogP contribution is 2.25. The number of phenolic OH excluding ortho intramolecular Hbond substituents is 1. The maximum atomic E-state index is 13.7. The summed E-state index contributed by atoms with van der Waals surface area (Å²) >= 11 is 1.44. The maximum absolute atomic E-state index is 13.7. The molecule has 168 valence electrons. The molecule has 2 aromatic heterocycles. The molecule has 0 bridgehead atoms. The lowest BCUT2D eigenvalue weighted by Crippen LogP contribution is -2.30. The Labute approximate surface area is 192 Å². The van der Waals surface area contributed by atoms with Gasteiger partial charge in [-0.2, -0.15) is 0 Å². The van der Waals surface area contributed by atoms with Crippen LogP contribution in [-0.2, 0) is 0 Å². The second-order valence-electron chi connectivity index (χ2n) is 7.04. The summed E-state index contributed by atoms with van der Waals surface area (Å²) in [5, 5.41) is 21.1. The van der Waals surface area contributed by atoms with E-state index < -0.39 is 11.7 Å². The zero-order valence-electron chi connectivity index (χ0n) is 17.4. The monoisotopic (exact) mass is 465 g/mol. The lowest BCUT2D eigenvalue weighted by Gasteiger charge is -2.06. The maximum Gasteiger partial charge on any atom is 0.290 e. The van der Waals surface area contributed by atoms with Crippen molar-refractivity contribution in [3.8, 4) is 22.1 Å². The van der Waals surface area contributed by atoms with Crippen molar-refractivity contribution >= 4 is 23.2 Å². The van der Waals surface area contributed by atoms with Gasteiger partial charge in [0.2, 0.25) is 5.82 Å². The number of rotatable bonds is 8. The lowest BCUT2D eigenvalue weighted by atomic mass is 10.2. The Balaban J connectivity index is 1.37. The van der Waals surface area contributed by atoms with Crippen molar-refractivity contribution < 1.29 is 19.1 Å². The third-order valence-corrected chi connectivity index (χ3v) is 5.50. The molecule has 0 spiro atoms. The molecule has 0 saturated carbocycles. The number of phenols is 1. The molecule has 33 heavy (non-hydrogen) atoms. The molecule has 4 rings (SSSR count). The quantitative estimate of drug-likeness (QED) is 0.346. The van der Waals surface area contributed by atoms with Crippen molar-refractivity contribution in [3.63, 3.8) is 0 Å². The number of carbonyl (C=O) groups is 2. The molecule has 0 atom stereocenters. The summed E-state index contributed by atoms with van der Waals surface area (Å²) in [7, 11) is 0. The molecule has 0 radical (unpaired) electrons. The Bertz CT molecular complexity index is 1270. The molecule has 8 nitrogen and oxygen atoms in total. The average molecular weight is 466 g/mol. The first-order valence-electron chi connectivity index (χ1n) is 10.1. The molecule has 4 aromatic rings. The molecular formula is C23H20FN5O3S. The molecule has 10 heteroatoms. The molecular weight excluding hydrogens is 445 g/mol. The Kier molecular flexibility index (Phi) is 6.75. The summed E-state index contributed by atoms with van der Waals surface area (Å²) in [5.41, 5.74) is 0.812. The fraction of sp³-hybridized carbons (Fsp3) is 0.130. The number of thiophene rings is 1. The highest BCUT2D eigenvalue weighted by atomic mass is 32.1. The molecule has 2 amide bonds. The van der Waals surface area contributed by atoms with Gasteiger partial charge in [0.25, 0.3) is 11.8 Å². The van der Waals surface area contributed by atoms with E-state index in [1.54, 1.807) is 24.3 Å². The molecule has 3 N–H and O–H groups in total. The number of nitrogens with zero attached hydrogens (tertiary/aromatic N) is 3. The van der Waals surface area contributed by atoms with Crippen LogP contribution >= 0.6 is 11.3 Å². The first-order chi connectivity index (χ1) is 16.0. The minimum Gasteiger partial charge on any atom is -0.508 e. The molecule has 0 aliphatic heterocycles. The number of aromatic hydroxyl groups is 1. The zero-order valence-corrected chi connectivity index (χ0v) is 18.2. The number of hydrogen-bond acceptors (Lipinski definition) is 6. The van der Waals surface area contributed by atoms with Crippen molar-refractivity contribution in [1.82, 2.24) is 25.4 Å². The van der Waals surface area contributed by atoms with Crippen LogP contribution in [0.25, 0.3) is 16.4 Å². The van der Waals surface area contributed by atoms with E-state index in [0.29, 0.717) is 36.6 Å². The van der Waals surface area contributed by atoms with E-state index >= 15 is 0 Å². The lowest BCUT2D eigenvalue weighted by molar-refractivity contribution is 0.0942. The van der Waals surface area contributed by atoms with E-state index in [1.165, 1.54) is 40.3 Å². The largest absolute Gasteiger partial charge is 0.508 e. The highest BCUT2D eigenvalue weighted by molar-refractivity contribution is 7.13. The van der Waals surface area contributed by atoms with Gasteiger partial charge in [-0.15, -0.1) is 16.4 Å². The average Bonchev–Trinajstić information content (AvgIpc) is 3.48. The number of carbonyl (C=O) groups excluding carboxylic acids is 2. The second-order valence-corrected chi connectivity index (χ2v) is 7.99. The molecule has 0 aliphatic carbocycles. The van der Waals surface area contributed by atoms with Crippen molar-refractivity contribution in [2.75, 3.05) is 13.1 Å². The normalized spacial score (nSPS) is 10.7. The van der Waals surface area contributed by atoms with Crippen LogP contribution in [0.4, 0.5) is 4.39 Å². The van der Waals surface area contributed by atoms with Gasteiger partial charge in [-0.25, -0.2) is 14.1 Å². The number of hydrogen-bond donors (Lipinski definition) is 3. The van der Waals surface area contributed by atoms with Gasteiger partial charge in [-0.05, 0) is 54.3 Å². The number of halogens is 1. The van der Waals surface area contributed by atoms with E-state index in [9.17, 15) is 19.1 Å². The molecule has 0 unspecified atom stereocenters. The topological polar surface area (TPSA) is 109 Å². The first kappa shape index (κ1) is 22.2. The van der Waals surface area contributed by atoms with Crippen molar-refractivity contribution in [1.29, 1.82) is 0 Å². The Morgan fingerprint density at radius 2 is 1.79 bits per heavy atom. The van der Waals surface area contributed by atoms with E-state index in [2.05, 4.69) is 20.7 Å². The van der Waals surface area contributed by atoms with Gasteiger partial charge in [0, 0.05) is 18.7 Å². The highest BCUT2D eigenvalue weighted by Gasteiger charge is 2.19. The van der Waals surface area contributed by atoms with E-state index in [0.717, 1.165) is 4.88 Å². The fourth-order valence-corrected chi connectivity index (χ4v) is 3.78. The minimum absolute atomic E-state index is 0.0157. The van der Waals surface area contributed by atoms with E-state index in [4.69, 9.17) is 0 Å². The Morgan fingerprint density at radius 1 is 1.00 bits per heavy atom. The zero-order chi connectivity index (χ0) is 23.2. The third kappa shape index (κ3) is 5.42. The smallest absolute Gasteiger partial charge is 0.290 e. The summed E-state index contributed by atoms with van der Waals surface area (Å²) in [6.07, 6.45) is 0.485.